The Morgan fingerprint density at radius 1 is 1.25 bits per heavy atom. The summed E-state index contributed by atoms with van der Waals surface area (Å²) in [4.78, 5) is 25.0. The number of hydrogen-bond donors (Lipinski definition) is 1. The van der Waals surface area contributed by atoms with E-state index in [2.05, 4.69) is 5.32 Å². The van der Waals surface area contributed by atoms with Gasteiger partial charge in [-0.3, -0.25) is 0 Å². The first-order valence-corrected chi connectivity index (χ1v) is 5.87. The van der Waals surface area contributed by atoms with E-state index in [1.807, 2.05) is 0 Å². The zero-order chi connectivity index (χ0) is 11.5. The zero-order valence-corrected chi connectivity index (χ0v) is 9.57. The van der Waals surface area contributed by atoms with Gasteiger partial charge in [0, 0.05) is 12.6 Å². The number of urea groups is 1. The fourth-order valence-electron chi connectivity index (χ4n) is 2.04. The van der Waals surface area contributed by atoms with Crippen LogP contribution in [-0.4, -0.2) is 42.6 Å². The van der Waals surface area contributed by atoms with Crippen LogP contribution in [0.15, 0.2) is 0 Å². The SMILES string of the molecule is COC(=O)[C@H]1CCCCN1C(=O)NC1CC1. The standard InChI is InChI=1S/C11H18N2O3/c1-16-10(14)9-4-2-3-7-13(9)11(15)12-8-5-6-8/h8-9H,2-7H2,1H3,(H,12,15)/t9-/m1/s1. The van der Waals surface area contributed by atoms with Gasteiger partial charge in [-0.05, 0) is 32.1 Å². The Kier molecular flexibility index (Phi) is 3.31. The van der Waals surface area contributed by atoms with Gasteiger partial charge in [-0.25, -0.2) is 9.59 Å². The number of likely N-dealkylation sites (tertiary alicyclic amines) is 1. The van der Waals surface area contributed by atoms with Crippen LogP contribution < -0.4 is 5.32 Å². The second kappa shape index (κ2) is 4.72. The Hall–Kier alpha value is -1.26. The lowest BCUT2D eigenvalue weighted by atomic mass is 10.0. The molecule has 0 unspecified atom stereocenters. The van der Waals surface area contributed by atoms with Gasteiger partial charge in [-0.15, -0.1) is 0 Å². The van der Waals surface area contributed by atoms with Crippen molar-refractivity contribution in [3.8, 4) is 0 Å². The molecule has 5 nitrogen and oxygen atoms in total. The first-order valence-electron chi connectivity index (χ1n) is 5.87. The van der Waals surface area contributed by atoms with Crippen molar-refractivity contribution in [3.05, 3.63) is 0 Å². The summed E-state index contributed by atoms with van der Waals surface area (Å²) >= 11 is 0. The maximum Gasteiger partial charge on any atom is 0.328 e. The summed E-state index contributed by atoms with van der Waals surface area (Å²) in [5.74, 6) is -0.300. The van der Waals surface area contributed by atoms with Gasteiger partial charge in [0.25, 0.3) is 0 Å². The van der Waals surface area contributed by atoms with Gasteiger partial charge in [-0.1, -0.05) is 0 Å². The predicted molar refractivity (Wildman–Crippen MR) is 57.9 cm³/mol. The van der Waals surface area contributed by atoms with E-state index < -0.39 is 6.04 Å². The van der Waals surface area contributed by atoms with Crippen molar-refractivity contribution >= 4 is 12.0 Å². The average Bonchev–Trinajstić information content (AvgIpc) is 3.12. The molecule has 2 aliphatic rings. The van der Waals surface area contributed by atoms with Crippen LogP contribution in [0, 0.1) is 0 Å². The first kappa shape index (κ1) is 11.2. The summed E-state index contributed by atoms with van der Waals surface area (Å²) in [6.45, 7) is 0.651. The van der Waals surface area contributed by atoms with Gasteiger partial charge >= 0.3 is 12.0 Å². The predicted octanol–water partition coefficient (Wildman–Crippen LogP) is 0.886. The highest BCUT2D eigenvalue weighted by atomic mass is 16.5. The molecule has 16 heavy (non-hydrogen) atoms. The zero-order valence-electron chi connectivity index (χ0n) is 9.57. The summed E-state index contributed by atoms with van der Waals surface area (Å²) in [5, 5.41) is 2.91. The highest BCUT2D eigenvalue weighted by Gasteiger charge is 2.35. The van der Waals surface area contributed by atoms with Crippen LogP contribution in [-0.2, 0) is 9.53 Å². The lowest BCUT2D eigenvalue weighted by molar-refractivity contribution is -0.146. The average molecular weight is 226 g/mol. The fourth-order valence-corrected chi connectivity index (χ4v) is 2.04. The third kappa shape index (κ3) is 2.46. The Morgan fingerprint density at radius 3 is 2.62 bits per heavy atom. The van der Waals surface area contributed by atoms with E-state index in [4.69, 9.17) is 4.74 Å². The molecule has 0 radical (unpaired) electrons. The van der Waals surface area contributed by atoms with E-state index in [0.29, 0.717) is 19.0 Å². The fraction of sp³-hybridized carbons (Fsp3) is 0.818. The van der Waals surface area contributed by atoms with E-state index in [9.17, 15) is 9.59 Å². The van der Waals surface area contributed by atoms with Crippen LogP contribution in [0.5, 0.6) is 0 Å². The molecule has 1 aliphatic carbocycles. The van der Waals surface area contributed by atoms with Crippen LogP contribution in [0.1, 0.15) is 32.1 Å². The minimum atomic E-state index is -0.391. The monoisotopic (exact) mass is 226 g/mol. The first-order chi connectivity index (χ1) is 7.72. The quantitative estimate of drug-likeness (QED) is 0.711. The maximum atomic E-state index is 11.9. The Labute approximate surface area is 95.1 Å². The third-order valence-electron chi connectivity index (χ3n) is 3.14. The molecule has 2 rings (SSSR count). The van der Waals surface area contributed by atoms with Gasteiger partial charge in [0.05, 0.1) is 7.11 Å². The smallest absolute Gasteiger partial charge is 0.328 e. The molecule has 1 saturated heterocycles. The molecule has 90 valence electrons. The number of methoxy groups -OCH3 is 1. The number of nitrogens with one attached hydrogen (secondary N) is 1. The molecule has 0 bridgehead atoms. The lowest BCUT2D eigenvalue weighted by Crippen LogP contribution is -2.52. The van der Waals surface area contributed by atoms with E-state index in [-0.39, 0.29) is 12.0 Å². The van der Waals surface area contributed by atoms with Gasteiger partial charge < -0.3 is 15.0 Å². The molecule has 0 aromatic rings. The van der Waals surface area contributed by atoms with Crippen LogP contribution >= 0.6 is 0 Å². The highest BCUT2D eigenvalue weighted by Crippen LogP contribution is 2.22. The van der Waals surface area contributed by atoms with Crippen LogP contribution in [0.4, 0.5) is 4.79 Å². The second-order valence-electron chi connectivity index (χ2n) is 4.45. The largest absolute Gasteiger partial charge is 0.467 e. The third-order valence-corrected chi connectivity index (χ3v) is 3.14. The molecule has 0 aromatic carbocycles. The molecule has 2 fully saturated rings. The van der Waals surface area contributed by atoms with Crippen molar-refractivity contribution in [1.82, 2.24) is 10.2 Å². The number of nitrogens with zero attached hydrogens (tertiary/aromatic N) is 1. The van der Waals surface area contributed by atoms with Gasteiger partial charge in [0.2, 0.25) is 0 Å². The lowest BCUT2D eigenvalue weighted by Gasteiger charge is -2.33. The molecule has 1 atom stereocenters. The number of piperidine rings is 1. The summed E-state index contributed by atoms with van der Waals surface area (Å²) in [7, 11) is 1.37. The summed E-state index contributed by atoms with van der Waals surface area (Å²) in [6, 6.07) is -0.178. The number of rotatable bonds is 2. The molecule has 0 spiro atoms. The molecule has 1 saturated carbocycles. The summed E-state index contributed by atoms with van der Waals surface area (Å²) in [6.07, 6.45) is 4.77. The number of hydrogen-bond acceptors (Lipinski definition) is 3. The highest BCUT2D eigenvalue weighted by molar-refractivity contribution is 5.84. The van der Waals surface area contributed by atoms with Crippen molar-refractivity contribution in [3.63, 3.8) is 0 Å². The van der Waals surface area contributed by atoms with E-state index in [1.54, 1.807) is 4.90 Å². The van der Waals surface area contributed by atoms with Gasteiger partial charge in [0.15, 0.2) is 0 Å². The topological polar surface area (TPSA) is 58.6 Å². The van der Waals surface area contributed by atoms with Crippen LogP contribution in [0.2, 0.25) is 0 Å². The van der Waals surface area contributed by atoms with Crippen molar-refractivity contribution in [2.75, 3.05) is 13.7 Å². The Balaban J connectivity index is 1.96. The van der Waals surface area contributed by atoms with E-state index in [0.717, 1.165) is 25.7 Å². The number of esters is 1. The van der Waals surface area contributed by atoms with Gasteiger partial charge in [0.1, 0.15) is 6.04 Å². The normalized spacial score (nSPS) is 25.1. The molecule has 1 aliphatic heterocycles. The summed E-state index contributed by atoms with van der Waals surface area (Å²) in [5.41, 5.74) is 0. The number of carbonyl (C=O) groups is 2. The van der Waals surface area contributed by atoms with Crippen molar-refractivity contribution in [2.45, 2.75) is 44.2 Å². The van der Waals surface area contributed by atoms with E-state index in [1.165, 1.54) is 7.11 Å². The molecule has 1 N–H and O–H groups in total. The van der Waals surface area contributed by atoms with Crippen LogP contribution in [0.25, 0.3) is 0 Å². The minimum absolute atomic E-state index is 0.113. The maximum absolute atomic E-state index is 11.9. The van der Waals surface area contributed by atoms with Crippen molar-refractivity contribution in [2.24, 2.45) is 0 Å². The molecular formula is C11H18N2O3. The number of amides is 2. The summed E-state index contributed by atoms with van der Waals surface area (Å²) < 4.78 is 4.73. The Morgan fingerprint density at radius 2 is 2.00 bits per heavy atom. The Bertz CT molecular complexity index is 289. The van der Waals surface area contributed by atoms with Gasteiger partial charge in [-0.2, -0.15) is 0 Å². The second-order valence-corrected chi connectivity index (χ2v) is 4.45. The van der Waals surface area contributed by atoms with Crippen molar-refractivity contribution < 1.29 is 14.3 Å². The molecule has 2 amide bonds. The minimum Gasteiger partial charge on any atom is -0.467 e. The number of ether oxygens (including phenoxy) is 1. The molecule has 1 heterocycles. The van der Waals surface area contributed by atoms with Crippen LogP contribution in [0.3, 0.4) is 0 Å². The number of carbonyl (C=O) groups excluding carboxylic acids is 2. The molecule has 0 aromatic heterocycles. The molecule has 5 heteroatoms. The van der Waals surface area contributed by atoms with E-state index >= 15 is 0 Å². The van der Waals surface area contributed by atoms with Crippen molar-refractivity contribution in [1.29, 1.82) is 0 Å². The molecular weight excluding hydrogens is 208 g/mol.